The van der Waals surface area contributed by atoms with Gasteiger partial charge in [0.15, 0.2) is 9.84 Å². The van der Waals surface area contributed by atoms with Crippen LogP contribution in [0.25, 0.3) is 0 Å². The van der Waals surface area contributed by atoms with Gasteiger partial charge in [0.2, 0.25) is 0 Å². The van der Waals surface area contributed by atoms with E-state index in [1.807, 2.05) is 0 Å². The van der Waals surface area contributed by atoms with Crippen molar-refractivity contribution in [1.29, 1.82) is 0 Å². The highest BCUT2D eigenvalue weighted by molar-refractivity contribution is 7.91. The van der Waals surface area contributed by atoms with Crippen LogP contribution in [0.4, 0.5) is 0 Å². The Labute approximate surface area is 96.3 Å². The first kappa shape index (κ1) is 13.0. The van der Waals surface area contributed by atoms with Crippen LogP contribution < -0.4 is 10.5 Å². The van der Waals surface area contributed by atoms with Crippen LogP contribution in [-0.4, -0.2) is 27.0 Å². The maximum absolute atomic E-state index is 11.4. The molecule has 0 saturated carbocycles. The lowest BCUT2D eigenvalue weighted by Crippen LogP contribution is -2.30. The summed E-state index contributed by atoms with van der Waals surface area (Å²) >= 11 is 0. The van der Waals surface area contributed by atoms with E-state index in [9.17, 15) is 8.42 Å². The number of methoxy groups -OCH3 is 1. The van der Waals surface area contributed by atoms with Crippen molar-refractivity contribution in [2.75, 3.05) is 13.4 Å². The molecule has 0 saturated heterocycles. The molecular weight excluding hydrogens is 226 g/mol. The zero-order valence-electron chi connectivity index (χ0n) is 9.67. The molecule has 0 fully saturated rings. The third-order valence-corrected chi connectivity index (χ3v) is 4.33. The van der Waals surface area contributed by atoms with Gasteiger partial charge >= 0.3 is 0 Å². The van der Waals surface area contributed by atoms with Crippen LogP contribution in [0.1, 0.15) is 18.5 Å². The molecule has 1 aromatic rings. The molecule has 0 radical (unpaired) electrons. The van der Waals surface area contributed by atoms with Crippen LogP contribution >= 0.6 is 0 Å². The lowest BCUT2D eigenvalue weighted by atomic mass is 10.1. The fourth-order valence-electron chi connectivity index (χ4n) is 1.36. The monoisotopic (exact) mass is 243 g/mol. The van der Waals surface area contributed by atoms with Gasteiger partial charge in [-0.15, -0.1) is 0 Å². The average Bonchev–Trinajstić information content (AvgIpc) is 2.26. The second-order valence-corrected chi connectivity index (χ2v) is 6.24. The summed E-state index contributed by atoms with van der Waals surface area (Å²) in [6, 6.07) is 6.59. The molecule has 5 heteroatoms. The quantitative estimate of drug-likeness (QED) is 0.860. The topological polar surface area (TPSA) is 69.4 Å². The van der Waals surface area contributed by atoms with Crippen molar-refractivity contribution < 1.29 is 13.2 Å². The number of nitrogens with two attached hydrogens (primary N) is 1. The Morgan fingerprint density at radius 1 is 1.25 bits per heavy atom. The third-order valence-electron chi connectivity index (χ3n) is 2.68. The molecule has 0 aliphatic rings. The van der Waals surface area contributed by atoms with Crippen LogP contribution in [0.3, 0.4) is 0 Å². The number of ether oxygens (including phenoxy) is 1. The maximum atomic E-state index is 11.4. The average molecular weight is 243 g/mol. The Bertz CT molecular complexity index is 439. The van der Waals surface area contributed by atoms with Gasteiger partial charge in [-0.1, -0.05) is 12.1 Å². The summed E-state index contributed by atoms with van der Waals surface area (Å²) < 4.78 is 27.7. The predicted octanol–water partition coefficient (Wildman–Crippen LogP) is 1.13. The molecule has 2 unspecified atom stereocenters. The van der Waals surface area contributed by atoms with Crippen molar-refractivity contribution in [2.24, 2.45) is 5.73 Å². The van der Waals surface area contributed by atoms with Gasteiger partial charge in [0.05, 0.1) is 12.4 Å². The normalized spacial score (nSPS) is 15.5. The number of sulfone groups is 1. The Balaban J connectivity index is 2.92. The Kier molecular flexibility index (Phi) is 3.93. The summed E-state index contributed by atoms with van der Waals surface area (Å²) in [5, 5.41) is -0.596. The molecule has 0 aliphatic heterocycles. The molecule has 0 aliphatic carbocycles. The van der Waals surface area contributed by atoms with Gasteiger partial charge in [0.25, 0.3) is 0 Å². The molecule has 2 atom stereocenters. The summed E-state index contributed by atoms with van der Waals surface area (Å²) in [6.07, 6.45) is 1.20. The zero-order valence-corrected chi connectivity index (χ0v) is 10.5. The number of hydrogen-bond donors (Lipinski definition) is 1. The van der Waals surface area contributed by atoms with Gasteiger partial charge in [-0.25, -0.2) is 8.42 Å². The largest absolute Gasteiger partial charge is 0.497 e. The summed E-state index contributed by atoms with van der Waals surface area (Å²) in [5.74, 6) is 0.725. The number of benzene rings is 1. The van der Waals surface area contributed by atoms with E-state index in [1.165, 1.54) is 6.26 Å². The second kappa shape index (κ2) is 4.84. The highest BCUT2D eigenvalue weighted by atomic mass is 32.2. The van der Waals surface area contributed by atoms with Gasteiger partial charge in [-0.05, 0) is 24.6 Å². The first-order valence-corrected chi connectivity index (χ1v) is 6.90. The SMILES string of the molecule is COc1ccc(C(N)C(C)S(C)(=O)=O)cc1. The van der Waals surface area contributed by atoms with Crippen molar-refractivity contribution in [3.8, 4) is 5.75 Å². The molecular formula is C11H17NO3S. The smallest absolute Gasteiger partial charge is 0.151 e. The fraction of sp³-hybridized carbons (Fsp3) is 0.455. The van der Waals surface area contributed by atoms with Gasteiger partial charge in [0.1, 0.15) is 5.75 Å². The molecule has 0 spiro atoms. The maximum Gasteiger partial charge on any atom is 0.151 e. The molecule has 90 valence electrons. The van der Waals surface area contributed by atoms with E-state index in [1.54, 1.807) is 38.3 Å². The summed E-state index contributed by atoms with van der Waals surface area (Å²) in [5.41, 5.74) is 6.69. The summed E-state index contributed by atoms with van der Waals surface area (Å²) in [6.45, 7) is 1.62. The third kappa shape index (κ3) is 2.96. The molecule has 1 aromatic carbocycles. The fourth-order valence-corrected chi connectivity index (χ4v) is 2.05. The summed E-state index contributed by atoms with van der Waals surface area (Å²) in [7, 11) is -1.54. The van der Waals surface area contributed by atoms with E-state index in [0.29, 0.717) is 0 Å². The first-order valence-electron chi connectivity index (χ1n) is 4.94. The lowest BCUT2D eigenvalue weighted by Gasteiger charge is -2.18. The van der Waals surface area contributed by atoms with Crippen molar-refractivity contribution >= 4 is 9.84 Å². The molecule has 16 heavy (non-hydrogen) atoms. The highest BCUT2D eigenvalue weighted by Crippen LogP contribution is 2.21. The van der Waals surface area contributed by atoms with Gasteiger partial charge < -0.3 is 10.5 Å². The zero-order chi connectivity index (χ0) is 12.3. The van der Waals surface area contributed by atoms with E-state index >= 15 is 0 Å². The molecule has 0 bridgehead atoms. The molecule has 0 aromatic heterocycles. The summed E-state index contributed by atoms with van der Waals surface area (Å²) in [4.78, 5) is 0. The van der Waals surface area contributed by atoms with Gasteiger partial charge in [-0.2, -0.15) is 0 Å². The van der Waals surface area contributed by atoms with E-state index in [0.717, 1.165) is 11.3 Å². The highest BCUT2D eigenvalue weighted by Gasteiger charge is 2.23. The van der Waals surface area contributed by atoms with E-state index in [-0.39, 0.29) is 0 Å². The first-order chi connectivity index (χ1) is 7.36. The number of rotatable bonds is 4. The van der Waals surface area contributed by atoms with Crippen molar-refractivity contribution in [3.05, 3.63) is 29.8 Å². The Morgan fingerprint density at radius 2 is 1.75 bits per heavy atom. The van der Waals surface area contributed by atoms with Crippen LogP contribution in [0.2, 0.25) is 0 Å². The van der Waals surface area contributed by atoms with Crippen molar-refractivity contribution in [2.45, 2.75) is 18.2 Å². The molecule has 4 nitrogen and oxygen atoms in total. The lowest BCUT2D eigenvalue weighted by molar-refractivity contribution is 0.414. The minimum Gasteiger partial charge on any atom is -0.497 e. The Hall–Kier alpha value is -1.07. The Morgan fingerprint density at radius 3 is 2.12 bits per heavy atom. The predicted molar refractivity (Wildman–Crippen MR) is 64.2 cm³/mol. The van der Waals surface area contributed by atoms with Crippen molar-refractivity contribution in [3.63, 3.8) is 0 Å². The van der Waals surface area contributed by atoms with Crippen LogP contribution in [-0.2, 0) is 9.84 Å². The second-order valence-electron chi connectivity index (χ2n) is 3.83. The van der Waals surface area contributed by atoms with Crippen molar-refractivity contribution in [1.82, 2.24) is 0 Å². The van der Waals surface area contributed by atoms with Gasteiger partial charge in [0, 0.05) is 12.3 Å². The van der Waals surface area contributed by atoms with Crippen LogP contribution in [0.15, 0.2) is 24.3 Å². The minimum absolute atomic E-state index is 0.513. The van der Waals surface area contributed by atoms with E-state index in [2.05, 4.69) is 0 Å². The van der Waals surface area contributed by atoms with Gasteiger partial charge in [-0.3, -0.25) is 0 Å². The molecule has 0 heterocycles. The number of hydrogen-bond acceptors (Lipinski definition) is 4. The van der Waals surface area contributed by atoms with E-state index < -0.39 is 21.1 Å². The van der Waals surface area contributed by atoms with Crippen LogP contribution in [0.5, 0.6) is 5.75 Å². The molecule has 1 rings (SSSR count). The molecule has 2 N–H and O–H groups in total. The van der Waals surface area contributed by atoms with E-state index in [4.69, 9.17) is 10.5 Å². The molecule has 0 amide bonds. The standard InChI is InChI=1S/C11H17NO3S/c1-8(16(3,13)14)11(12)9-4-6-10(15-2)7-5-9/h4-8,11H,12H2,1-3H3. The van der Waals surface area contributed by atoms with Crippen LogP contribution in [0, 0.1) is 0 Å². The minimum atomic E-state index is -3.12.